The van der Waals surface area contributed by atoms with Crippen LogP contribution in [0.3, 0.4) is 0 Å². The van der Waals surface area contributed by atoms with Gasteiger partial charge in [-0.2, -0.15) is 8.42 Å². The van der Waals surface area contributed by atoms with Gasteiger partial charge in [0.15, 0.2) is 0 Å². The minimum absolute atomic E-state index is 0.0618. The molecule has 2 aliphatic rings. The maximum Gasteiger partial charge on any atom is 0.297 e. The van der Waals surface area contributed by atoms with Crippen molar-refractivity contribution in [1.82, 2.24) is 0 Å². The van der Waals surface area contributed by atoms with E-state index in [0.717, 1.165) is 5.56 Å². The Morgan fingerprint density at radius 2 is 1.75 bits per heavy atom. The zero-order valence-corrected chi connectivity index (χ0v) is 12.3. The molecule has 6 heteroatoms. The highest BCUT2D eigenvalue weighted by Gasteiger charge is 2.48. The molecule has 0 N–H and O–H groups in total. The van der Waals surface area contributed by atoms with Crippen LogP contribution in [0.5, 0.6) is 0 Å². The van der Waals surface area contributed by atoms with Gasteiger partial charge in [-0.25, -0.2) is 0 Å². The van der Waals surface area contributed by atoms with E-state index in [9.17, 15) is 8.42 Å². The number of rotatable bonds is 3. The van der Waals surface area contributed by atoms with Crippen LogP contribution in [0.4, 0.5) is 0 Å². The average Bonchev–Trinajstić information content (AvgIpc) is 2.95. The Kier molecular flexibility index (Phi) is 3.58. The highest BCUT2D eigenvalue weighted by Crippen LogP contribution is 2.33. The molecular weight excluding hydrogens is 280 g/mol. The molecule has 0 aromatic heterocycles. The molecule has 2 heterocycles. The van der Waals surface area contributed by atoms with Gasteiger partial charge in [-0.3, -0.25) is 4.18 Å². The SMILES string of the molecule is Cc1ccc(S(=O)(=O)O[C@@H]2CO[C@@H]3C(C)CO[C@@H]32)cc1. The topological polar surface area (TPSA) is 61.8 Å². The van der Waals surface area contributed by atoms with Gasteiger partial charge in [0.1, 0.15) is 12.2 Å². The predicted molar refractivity (Wildman–Crippen MR) is 71.9 cm³/mol. The highest BCUT2D eigenvalue weighted by molar-refractivity contribution is 7.86. The van der Waals surface area contributed by atoms with Crippen LogP contribution in [0.2, 0.25) is 0 Å². The summed E-state index contributed by atoms with van der Waals surface area (Å²) < 4.78 is 41.0. The van der Waals surface area contributed by atoms with Crippen molar-refractivity contribution in [3.8, 4) is 0 Å². The summed E-state index contributed by atoms with van der Waals surface area (Å²) in [5.74, 6) is 0.274. The quantitative estimate of drug-likeness (QED) is 0.791. The maximum absolute atomic E-state index is 12.2. The van der Waals surface area contributed by atoms with Gasteiger partial charge >= 0.3 is 0 Å². The first-order valence-corrected chi connectivity index (χ1v) is 8.11. The third kappa shape index (κ3) is 2.48. The van der Waals surface area contributed by atoms with Crippen LogP contribution in [0, 0.1) is 12.8 Å². The molecule has 0 radical (unpaired) electrons. The van der Waals surface area contributed by atoms with Gasteiger partial charge in [0, 0.05) is 5.92 Å². The molecular formula is C14H18O5S. The number of ether oxygens (including phenoxy) is 2. The molecule has 2 saturated heterocycles. The molecule has 0 saturated carbocycles. The van der Waals surface area contributed by atoms with Crippen LogP contribution >= 0.6 is 0 Å². The van der Waals surface area contributed by atoms with E-state index in [4.69, 9.17) is 13.7 Å². The summed E-state index contributed by atoms with van der Waals surface area (Å²) in [6.45, 7) is 4.77. The Balaban J connectivity index is 1.76. The minimum Gasteiger partial charge on any atom is -0.372 e. The lowest BCUT2D eigenvalue weighted by Crippen LogP contribution is -2.32. The Morgan fingerprint density at radius 3 is 2.45 bits per heavy atom. The van der Waals surface area contributed by atoms with Gasteiger partial charge in [-0.1, -0.05) is 24.6 Å². The number of aryl methyl sites for hydroxylation is 1. The summed E-state index contributed by atoms with van der Waals surface area (Å²) in [5.41, 5.74) is 1.00. The molecule has 1 aromatic carbocycles. The summed E-state index contributed by atoms with van der Waals surface area (Å²) in [5, 5.41) is 0. The molecule has 0 amide bonds. The molecule has 3 rings (SSSR count). The fourth-order valence-electron chi connectivity index (χ4n) is 2.66. The Hall–Kier alpha value is -0.950. The first-order chi connectivity index (χ1) is 9.47. The molecule has 2 fully saturated rings. The molecule has 2 aliphatic heterocycles. The van der Waals surface area contributed by atoms with Crippen molar-refractivity contribution < 1.29 is 22.1 Å². The molecule has 0 spiro atoms. The molecule has 0 aliphatic carbocycles. The third-order valence-corrected chi connectivity index (χ3v) is 5.17. The van der Waals surface area contributed by atoms with Crippen LogP contribution in [0.25, 0.3) is 0 Å². The number of benzene rings is 1. The Morgan fingerprint density at radius 1 is 1.10 bits per heavy atom. The van der Waals surface area contributed by atoms with E-state index >= 15 is 0 Å². The molecule has 20 heavy (non-hydrogen) atoms. The first-order valence-electron chi connectivity index (χ1n) is 6.70. The van der Waals surface area contributed by atoms with E-state index in [1.165, 1.54) is 0 Å². The Bertz CT molecular complexity index is 580. The normalized spacial score (nSPS) is 33.3. The van der Waals surface area contributed by atoms with Gasteiger partial charge in [0.2, 0.25) is 0 Å². The monoisotopic (exact) mass is 298 g/mol. The molecule has 0 bridgehead atoms. The lowest BCUT2D eigenvalue weighted by Gasteiger charge is -2.16. The first kappa shape index (κ1) is 14.0. The number of hydrogen-bond donors (Lipinski definition) is 0. The molecule has 1 aromatic rings. The second-order valence-electron chi connectivity index (χ2n) is 5.48. The van der Waals surface area contributed by atoms with Gasteiger partial charge < -0.3 is 9.47 Å². The van der Waals surface area contributed by atoms with Crippen LogP contribution in [-0.4, -0.2) is 39.9 Å². The van der Waals surface area contributed by atoms with Gasteiger partial charge in [0.05, 0.1) is 24.2 Å². The standard InChI is InChI=1S/C14H18O5S/c1-9-3-5-11(6-4-9)20(15,16)19-12-8-18-13-10(2)7-17-14(12)13/h3-6,10,12-14H,7-8H2,1-2H3/t10?,12-,13-,14-/m1/s1. The van der Waals surface area contributed by atoms with Crippen molar-refractivity contribution in [3.63, 3.8) is 0 Å². The lowest BCUT2D eigenvalue weighted by atomic mass is 10.0. The van der Waals surface area contributed by atoms with Gasteiger partial charge in [-0.15, -0.1) is 0 Å². The molecule has 5 nitrogen and oxygen atoms in total. The summed E-state index contributed by atoms with van der Waals surface area (Å²) in [6, 6.07) is 6.60. The van der Waals surface area contributed by atoms with E-state index in [2.05, 4.69) is 0 Å². The van der Waals surface area contributed by atoms with Gasteiger partial charge in [0.25, 0.3) is 10.1 Å². The second kappa shape index (κ2) is 5.11. The van der Waals surface area contributed by atoms with Crippen molar-refractivity contribution in [2.45, 2.75) is 37.1 Å². The van der Waals surface area contributed by atoms with Crippen molar-refractivity contribution in [1.29, 1.82) is 0 Å². The fourth-order valence-corrected chi connectivity index (χ4v) is 3.73. The number of hydrogen-bond acceptors (Lipinski definition) is 5. The van der Waals surface area contributed by atoms with Gasteiger partial charge in [-0.05, 0) is 19.1 Å². The van der Waals surface area contributed by atoms with Crippen molar-refractivity contribution in [2.75, 3.05) is 13.2 Å². The van der Waals surface area contributed by atoms with E-state index in [1.807, 2.05) is 13.8 Å². The summed E-state index contributed by atoms with van der Waals surface area (Å²) in [7, 11) is -3.78. The molecule has 110 valence electrons. The fraction of sp³-hybridized carbons (Fsp3) is 0.571. The Labute approximate surface area is 119 Å². The molecule has 4 atom stereocenters. The second-order valence-corrected chi connectivity index (χ2v) is 7.05. The summed E-state index contributed by atoms with van der Waals surface area (Å²) in [6.07, 6.45) is -0.908. The van der Waals surface area contributed by atoms with Crippen LogP contribution in [0.15, 0.2) is 29.2 Å². The minimum atomic E-state index is -3.78. The summed E-state index contributed by atoms with van der Waals surface area (Å²) >= 11 is 0. The highest BCUT2D eigenvalue weighted by atomic mass is 32.2. The van der Waals surface area contributed by atoms with Crippen molar-refractivity contribution in [3.05, 3.63) is 29.8 Å². The van der Waals surface area contributed by atoms with Crippen molar-refractivity contribution >= 4 is 10.1 Å². The lowest BCUT2D eigenvalue weighted by molar-refractivity contribution is 0.0328. The smallest absolute Gasteiger partial charge is 0.297 e. The van der Waals surface area contributed by atoms with Crippen LogP contribution in [-0.2, 0) is 23.8 Å². The predicted octanol–water partition coefficient (Wildman–Crippen LogP) is 1.50. The van der Waals surface area contributed by atoms with Crippen molar-refractivity contribution in [2.24, 2.45) is 5.92 Å². The number of fused-ring (bicyclic) bond motifs is 1. The van der Waals surface area contributed by atoms with E-state index in [0.29, 0.717) is 6.61 Å². The van der Waals surface area contributed by atoms with Crippen LogP contribution < -0.4 is 0 Å². The zero-order chi connectivity index (χ0) is 14.3. The maximum atomic E-state index is 12.2. The van der Waals surface area contributed by atoms with E-state index in [-0.39, 0.29) is 29.6 Å². The average molecular weight is 298 g/mol. The van der Waals surface area contributed by atoms with Crippen LogP contribution in [0.1, 0.15) is 12.5 Å². The van der Waals surface area contributed by atoms with E-state index < -0.39 is 16.2 Å². The third-order valence-electron chi connectivity index (χ3n) is 3.82. The molecule has 1 unspecified atom stereocenters. The summed E-state index contributed by atoms with van der Waals surface area (Å²) in [4.78, 5) is 0.164. The zero-order valence-electron chi connectivity index (χ0n) is 11.5. The van der Waals surface area contributed by atoms with E-state index in [1.54, 1.807) is 24.3 Å². The largest absolute Gasteiger partial charge is 0.372 e.